The molecular formula is C14H23NO6S. The van der Waals surface area contributed by atoms with Crippen LogP contribution in [0.5, 0.6) is 0 Å². The van der Waals surface area contributed by atoms with Gasteiger partial charge in [0, 0.05) is 5.57 Å². The fourth-order valence-corrected chi connectivity index (χ4v) is 2.40. The Kier molecular flexibility index (Phi) is 8.04. The molecule has 1 unspecified atom stereocenters. The van der Waals surface area contributed by atoms with Crippen molar-refractivity contribution in [2.45, 2.75) is 39.0 Å². The summed E-state index contributed by atoms with van der Waals surface area (Å²) in [5.41, 5.74) is -0.567. The summed E-state index contributed by atoms with van der Waals surface area (Å²) >= 11 is 0. The van der Waals surface area contributed by atoms with Crippen LogP contribution in [0.2, 0.25) is 0 Å². The largest absolute Gasteiger partial charge is 0.462 e. The molecule has 126 valence electrons. The molecule has 0 aromatic carbocycles. The summed E-state index contributed by atoms with van der Waals surface area (Å²) in [6.45, 7) is 12.0. The van der Waals surface area contributed by atoms with Gasteiger partial charge < -0.3 is 10.1 Å². The number of carbonyl (C=O) groups is 2. The van der Waals surface area contributed by atoms with Gasteiger partial charge in [-0.05, 0) is 12.3 Å². The highest BCUT2D eigenvalue weighted by Gasteiger charge is 2.30. The van der Waals surface area contributed by atoms with E-state index in [1.54, 1.807) is 0 Å². The molecule has 0 aliphatic rings. The van der Waals surface area contributed by atoms with Gasteiger partial charge in [0.15, 0.2) is 5.37 Å². The lowest BCUT2D eigenvalue weighted by molar-refractivity contribution is -0.139. The normalized spacial score (nSPS) is 12.6. The van der Waals surface area contributed by atoms with Crippen molar-refractivity contribution in [2.75, 3.05) is 6.61 Å². The molecule has 0 aliphatic carbocycles. The molecule has 0 aliphatic heterocycles. The van der Waals surface area contributed by atoms with Crippen LogP contribution in [-0.4, -0.2) is 36.8 Å². The first-order valence-corrected chi connectivity index (χ1v) is 8.35. The van der Waals surface area contributed by atoms with Crippen LogP contribution < -0.4 is 5.32 Å². The Bertz CT molecular complexity index is 550. The average Bonchev–Trinajstić information content (AvgIpc) is 2.41. The smallest absolute Gasteiger partial charge is 0.338 e. The molecular weight excluding hydrogens is 310 g/mol. The number of rotatable bonds is 9. The van der Waals surface area contributed by atoms with Crippen LogP contribution in [-0.2, 0) is 24.4 Å². The van der Waals surface area contributed by atoms with E-state index in [9.17, 15) is 18.0 Å². The molecule has 0 aromatic rings. The Morgan fingerprint density at radius 1 is 1.23 bits per heavy atom. The first kappa shape index (κ1) is 20.3. The monoisotopic (exact) mass is 333 g/mol. The number of ether oxygens (including phenoxy) is 1. The SMILES string of the molecule is C=C(C(=C)C(=O)OCCCC)C(=O)NC(C(C)C)S(=O)(=O)O. The molecule has 0 rings (SSSR count). The topological polar surface area (TPSA) is 110 Å². The van der Waals surface area contributed by atoms with Gasteiger partial charge in [-0.25, -0.2) is 4.79 Å². The van der Waals surface area contributed by atoms with Gasteiger partial charge in [0.2, 0.25) is 0 Å². The molecule has 22 heavy (non-hydrogen) atoms. The standard InChI is InChI=1S/C14H23NO6S/c1-6-7-8-21-14(17)11(5)10(4)12(16)15-13(9(2)3)22(18,19)20/h9,13H,4-8H2,1-3H3,(H,15,16)(H,18,19,20). The van der Waals surface area contributed by atoms with Crippen molar-refractivity contribution in [1.29, 1.82) is 0 Å². The van der Waals surface area contributed by atoms with Crippen molar-refractivity contribution < 1.29 is 27.3 Å². The van der Waals surface area contributed by atoms with Crippen LogP contribution in [0.1, 0.15) is 33.6 Å². The van der Waals surface area contributed by atoms with Gasteiger partial charge in [-0.3, -0.25) is 9.35 Å². The number of unbranched alkanes of at least 4 members (excludes halogenated alkanes) is 1. The molecule has 8 heteroatoms. The van der Waals surface area contributed by atoms with E-state index < -0.39 is 33.3 Å². The molecule has 0 aromatic heterocycles. The Morgan fingerprint density at radius 2 is 1.77 bits per heavy atom. The van der Waals surface area contributed by atoms with E-state index in [1.807, 2.05) is 6.92 Å². The Hall–Kier alpha value is -1.67. The van der Waals surface area contributed by atoms with Crippen LogP contribution in [0, 0.1) is 5.92 Å². The third-order valence-electron chi connectivity index (χ3n) is 2.82. The van der Waals surface area contributed by atoms with Crippen LogP contribution in [0.25, 0.3) is 0 Å². The van der Waals surface area contributed by atoms with Crippen molar-refractivity contribution in [3.8, 4) is 0 Å². The maximum absolute atomic E-state index is 11.9. The predicted molar refractivity (Wildman–Crippen MR) is 82.5 cm³/mol. The highest BCUT2D eigenvalue weighted by molar-refractivity contribution is 7.86. The molecule has 0 spiro atoms. The fraction of sp³-hybridized carbons (Fsp3) is 0.571. The van der Waals surface area contributed by atoms with Crippen LogP contribution in [0.3, 0.4) is 0 Å². The zero-order chi connectivity index (χ0) is 17.5. The van der Waals surface area contributed by atoms with Gasteiger partial charge in [0.1, 0.15) is 0 Å². The molecule has 0 radical (unpaired) electrons. The first-order chi connectivity index (χ1) is 10.0. The number of nitrogens with one attached hydrogen (secondary N) is 1. The summed E-state index contributed by atoms with van der Waals surface area (Å²) in [4.78, 5) is 23.6. The third kappa shape index (κ3) is 6.40. The quantitative estimate of drug-likeness (QED) is 0.217. The predicted octanol–water partition coefficient (Wildman–Crippen LogP) is 1.43. The van der Waals surface area contributed by atoms with Crippen molar-refractivity contribution in [1.82, 2.24) is 5.32 Å². The number of hydrogen-bond acceptors (Lipinski definition) is 5. The van der Waals surface area contributed by atoms with E-state index in [-0.39, 0.29) is 17.8 Å². The molecule has 0 saturated carbocycles. The minimum Gasteiger partial charge on any atom is -0.462 e. The second-order valence-electron chi connectivity index (χ2n) is 5.10. The minimum atomic E-state index is -4.48. The lowest BCUT2D eigenvalue weighted by Gasteiger charge is -2.20. The summed E-state index contributed by atoms with van der Waals surface area (Å²) in [7, 11) is -4.48. The van der Waals surface area contributed by atoms with Crippen molar-refractivity contribution in [3.05, 3.63) is 24.3 Å². The number of esters is 1. The molecule has 2 N–H and O–H groups in total. The van der Waals surface area contributed by atoms with Crippen LogP contribution in [0.4, 0.5) is 0 Å². The Balaban J connectivity index is 4.82. The molecule has 0 bridgehead atoms. The average molecular weight is 333 g/mol. The minimum absolute atomic E-state index is 0.197. The summed E-state index contributed by atoms with van der Waals surface area (Å²) in [6, 6.07) is 0. The summed E-state index contributed by atoms with van der Waals surface area (Å²) in [5, 5.41) is 0.615. The van der Waals surface area contributed by atoms with Gasteiger partial charge in [0.05, 0.1) is 12.2 Å². The van der Waals surface area contributed by atoms with Gasteiger partial charge >= 0.3 is 5.97 Å². The molecule has 7 nitrogen and oxygen atoms in total. The van der Waals surface area contributed by atoms with E-state index >= 15 is 0 Å². The van der Waals surface area contributed by atoms with Gasteiger partial charge in [0.25, 0.3) is 16.0 Å². The molecule has 1 atom stereocenters. The maximum atomic E-state index is 11.9. The highest BCUT2D eigenvalue weighted by Crippen LogP contribution is 2.12. The molecule has 0 saturated heterocycles. The van der Waals surface area contributed by atoms with E-state index in [0.29, 0.717) is 6.42 Å². The lowest BCUT2D eigenvalue weighted by atomic mass is 10.1. The van der Waals surface area contributed by atoms with E-state index in [4.69, 9.17) is 9.29 Å². The van der Waals surface area contributed by atoms with Crippen molar-refractivity contribution >= 4 is 22.0 Å². The van der Waals surface area contributed by atoms with E-state index in [0.717, 1.165) is 6.42 Å². The second-order valence-corrected chi connectivity index (χ2v) is 6.64. The Labute approximate surface area is 131 Å². The Morgan fingerprint density at radius 3 is 2.18 bits per heavy atom. The summed E-state index contributed by atoms with van der Waals surface area (Å²) < 4.78 is 36.4. The van der Waals surface area contributed by atoms with Crippen LogP contribution in [0.15, 0.2) is 24.3 Å². The first-order valence-electron chi connectivity index (χ1n) is 6.84. The van der Waals surface area contributed by atoms with Crippen LogP contribution >= 0.6 is 0 Å². The maximum Gasteiger partial charge on any atom is 0.338 e. The zero-order valence-corrected chi connectivity index (χ0v) is 13.9. The molecule has 0 fully saturated rings. The summed E-state index contributed by atoms with van der Waals surface area (Å²) in [6.07, 6.45) is 1.52. The number of amides is 1. The number of carbonyl (C=O) groups excluding carboxylic acids is 2. The van der Waals surface area contributed by atoms with Crippen molar-refractivity contribution in [2.24, 2.45) is 5.92 Å². The summed E-state index contributed by atoms with van der Waals surface area (Å²) in [5.74, 6) is -2.27. The second kappa shape index (κ2) is 8.70. The number of hydrogen-bond donors (Lipinski definition) is 2. The fourth-order valence-electron chi connectivity index (χ4n) is 1.46. The molecule has 0 heterocycles. The van der Waals surface area contributed by atoms with E-state index in [1.165, 1.54) is 13.8 Å². The van der Waals surface area contributed by atoms with Gasteiger partial charge in [-0.15, -0.1) is 0 Å². The molecule has 1 amide bonds. The van der Waals surface area contributed by atoms with E-state index in [2.05, 4.69) is 18.5 Å². The third-order valence-corrected chi connectivity index (χ3v) is 4.12. The zero-order valence-electron chi connectivity index (χ0n) is 13.1. The highest BCUT2D eigenvalue weighted by atomic mass is 32.2. The van der Waals surface area contributed by atoms with Gasteiger partial charge in [-0.1, -0.05) is 40.3 Å². The van der Waals surface area contributed by atoms with Gasteiger partial charge in [-0.2, -0.15) is 8.42 Å². The van der Waals surface area contributed by atoms with Crippen molar-refractivity contribution in [3.63, 3.8) is 0 Å². The lowest BCUT2D eigenvalue weighted by Crippen LogP contribution is -2.44.